The summed E-state index contributed by atoms with van der Waals surface area (Å²) in [7, 11) is 1.97. The molecule has 1 aromatic heterocycles. The van der Waals surface area contributed by atoms with Crippen LogP contribution in [0.25, 0.3) is 0 Å². The van der Waals surface area contributed by atoms with Crippen molar-refractivity contribution in [3.63, 3.8) is 0 Å². The number of rotatable bonds is 1. The highest BCUT2D eigenvalue weighted by Crippen LogP contribution is 2.46. The summed E-state index contributed by atoms with van der Waals surface area (Å²) in [5.74, 6) is 1.71. The Hall–Kier alpha value is -0.790. The zero-order valence-electron chi connectivity index (χ0n) is 6.41. The molecule has 54 valence electrons. The van der Waals surface area contributed by atoms with Crippen LogP contribution in [-0.4, -0.2) is 9.78 Å². The van der Waals surface area contributed by atoms with Crippen molar-refractivity contribution in [1.82, 2.24) is 9.78 Å². The molecule has 0 N–H and O–H groups in total. The molecule has 0 amide bonds. The lowest BCUT2D eigenvalue weighted by molar-refractivity contribution is 0.766. The van der Waals surface area contributed by atoms with E-state index in [0.29, 0.717) is 0 Å². The van der Waals surface area contributed by atoms with Gasteiger partial charge in [-0.25, -0.2) is 0 Å². The van der Waals surface area contributed by atoms with Crippen molar-refractivity contribution in [1.29, 1.82) is 0 Å². The van der Waals surface area contributed by atoms with Gasteiger partial charge in [-0.05, 0) is 23.8 Å². The molecule has 1 heterocycles. The standard InChI is InChI=1S/C8H12N2/c1-6-3-8(6)7-4-9-10(2)5-7/h4-6,8H,3H2,1-2H3/t6-,8?/m0/s1. The molecule has 0 aliphatic heterocycles. The molecule has 0 spiro atoms. The minimum atomic E-state index is 0.814. The fraction of sp³-hybridized carbons (Fsp3) is 0.625. The first-order valence-corrected chi connectivity index (χ1v) is 3.76. The first-order chi connectivity index (χ1) is 4.77. The van der Waals surface area contributed by atoms with Crippen LogP contribution < -0.4 is 0 Å². The summed E-state index contributed by atoms with van der Waals surface area (Å²) in [6.07, 6.45) is 5.45. The van der Waals surface area contributed by atoms with E-state index in [-0.39, 0.29) is 0 Å². The number of hydrogen-bond donors (Lipinski definition) is 0. The fourth-order valence-electron chi connectivity index (χ4n) is 1.42. The van der Waals surface area contributed by atoms with Crippen LogP contribution in [0.15, 0.2) is 12.4 Å². The Bertz CT molecular complexity index is 239. The van der Waals surface area contributed by atoms with Crippen LogP contribution in [0.2, 0.25) is 0 Å². The second kappa shape index (κ2) is 1.84. The normalized spacial score (nSPS) is 30.6. The van der Waals surface area contributed by atoms with Crippen LogP contribution in [0.1, 0.15) is 24.8 Å². The van der Waals surface area contributed by atoms with Gasteiger partial charge in [0.15, 0.2) is 0 Å². The van der Waals surface area contributed by atoms with E-state index < -0.39 is 0 Å². The average Bonchev–Trinajstić information content (AvgIpc) is 2.42. The van der Waals surface area contributed by atoms with Crippen molar-refractivity contribution >= 4 is 0 Å². The lowest BCUT2D eigenvalue weighted by Crippen LogP contribution is -1.84. The molecule has 1 aromatic rings. The van der Waals surface area contributed by atoms with Crippen LogP contribution in [0.5, 0.6) is 0 Å². The first-order valence-electron chi connectivity index (χ1n) is 3.76. The van der Waals surface area contributed by atoms with Crippen LogP contribution in [0, 0.1) is 5.92 Å². The van der Waals surface area contributed by atoms with Gasteiger partial charge >= 0.3 is 0 Å². The molecule has 0 bridgehead atoms. The maximum Gasteiger partial charge on any atom is 0.0524 e. The molecule has 10 heavy (non-hydrogen) atoms. The molecular formula is C8H12N2. The van der Waals surface area contributed by atoms with Gasteiger partial charge in [0.25, 0.3) is 0 Å². The molecule has 2 nitrogen and oxygen atoms in total. The van der Waals surface area contributed by atoms with Crippen molar-refractivity contribution in [2.75, 3.05) is 0 Å². The summed E-state index contributed by atoms with van der Waals surface area (Å²) in [6.45, 7) is 2.29. The quantitative estimate of drug-likeness (QED) is 0.572. The van der Waals surface area contributed by atoms with E-state index >= 15 is 0 Å². The number of aromatic nitrogens is 2. The van der Waals surface area contributed by atoms with Gasteiger partial charge < -0.3 is 0 Å². The molecule has 0 aromatic carbocycles. The van der Waals surface area contributed by atoms with Crippen molar-refractivity contribution < 1.29 is 0 Å². The minimum absolute atomic E-state index is 0.814. The van der Waals surface area contributed by atoms with Gasteiger partial charge in [-0.2, -0.15) is 5.10 Å². The van der Waals surface area contributed by atoms with Crippen molar-refractivity contribution in [2.45, 2.75) is 19.3 Å². The molecule has 1 aliphatic rings. The second-order valence-electron chi connectivity index (χ2n) is 3.27. The highest BCUT2D eigenvalue weighted by Gasteiger charge is 2.34. The summed E-state index contributed by atoms with van der Waals surface area (Å²) in [5.41, 5.74) is 1.41. The summed E-state index contributed by atoms with van der Waals surface area (Å²) in [6, 6.07) is 0. The van der Waals surface area contributed by atoms with Crippen LogP contribution >= 0.6 is 0 Å². The van der Waals surface area contributed by atoms with Gasteiger partial charge in [0, 0.05) is 13.2 Å². The lowest BCUT2D eigenvalue weighted by Gasteiger charge is -1.86. The summed E-state index contributed by atoms with van der Waals surface area (Å²) < 4.78 is 1.88. The smallest absolute Gasteiger partial charge is 0.0524 e. The van der Waals surface area contributed by atoms with E-state index in [1.807, 2.05) is 17.9 Å². The van der Waals surface area contributed by atoms with E-state index in [1.54, 1.807) is 0 Å². The van der Waals surface area contributed by atoms with E-state index in [1.165, 1.54) is 12.0 Å². The lowest BCUT2D eigenvalue weighted by atomic mass is 10.2. The Labute approximate surface area is 60.9 Å². The van der Waals surface area contributed by atoms with Crippen LogP contribution in [0.3, 0.4) is 0 Å². The van der Waals surface area contributed by atoms with Gasteiger partial charge in [0.05, 0.1) is 6.20 Å². The molecule has 1 aliphatic carbocycles. The maximum absolute atomic E-state index is 4.13. The fourth-order valence-corrected chi connectivity index (χ4v) is 1.42. The largest absolute Gasteiger partial charge is 0.276 e. The molecule has 1 fully saturated rings. The molecule has 1 unspecified atom stereocenters. The highest BCUT2D eigenvalue weighted by atomic mass is 15.2. The van der Waals surface area contributed by atoms with E-state index in [9.17, 15) is 0 Å². The molecule has 2 atom stereocenters. The Morgan fingerprint density at radius 2 is 2.40 bits per heavy atom. The van der Waals surface area contributed by atoms with Crippen LogP contribution in [-0.2, 0) is 7.05 Å². The molecule has 0 saturated heterocycles. The van der Waals surface area contributed by atoms with Crippen molar-refractivity contribution in [3.05, 3.63) is 18.0 Å². The SMILES string of the molecule is C[C@H]1CC1c1cnn(C)c1. The first kappa shape index (κ1) is 5.96. The third-order valence-electron chi connectivity index (χ3n) is 2.26. The third-order valence-corrected chi connectivity index (χ3v) is 2.26. The van der Waals surface area contributed by atoms with E-state index in [4.69, 9.17) is 0 Å². The van der Waals surface area contributed by atoms with Gasteiger partial charge in [0.2, 0.25) is 0 Å². The predicted molar refractivity (Wildman–Crippen MR) is 39.7 cm³/mol. The number of hydrogen-bond acceptors (Lipinski definition) is 1. The van der Waals surface area contributed by atoms with Crippen molar-refractivity contribution in [2.24, 2.45) is 13.0 Å². The molecule has 2 heteroatoms. The van der Waals surface area contributed by atoms with E-state index in [2.05, 4.69) is 18.2 Å². The van der Waals surface area contributed by atoms with Crippen LogP contribution in [0.4, 0.5) is 0 Å². The Morgan fingerprint density at radius 3 is 2.80 bits per heavy atom. The van der Waals surface area contributed by atoms with E-state index in [0.717, 1.165) is 11.8 Å². The zero-order valence-corrected chi connectivity index (χ0v) is 6.41. The summed E-state index contributed by atoms with van der Waals surface area (Å²) >= 11 is 0. The Kier molecular flexibility index (Phi) is 1.10. The highest BCUT2D eigenvalue weighted by molar-refractivity contribution is 5.19. The molecule has 1 saturated carbocycles. The zero-order chi connectivity index (χ0) is 7.14. The summed E-state index contributed by atoms with van der Waals surface area (Å²) in [5, 5.41) is 4.13. The van der Waals surface area contributed by atoms with Gasteiger partial charge in [-0.1, -0.05) is 6.92 Å². The maximum atomic E-state index is 4.13. The van der Waals surface area contributed by atoms with Gasteiger partial charge in [0.1, 0.15) is 0 Å². The molecular weight excluding hydrogens is 124 g/mol. The number of nitrogens with zero attached hydrogens (tertiary/aromatic N) is 2. The third kappa shape index (κ3) is 0.838. The van der Waals surface area contributed by atoms with Crippen molar-refractivity contribution in [3.8, 4) is 0 Å². The Balaban J connectivity index is 2.20. The topological polar surface area (TPSA) is 17.8 Å². The Morgan fingerprint density at radius 1 is 1.70 bits per heavy atom. The average molecular weight is 136 g/mol. The number of aryl methyl sites for hydroxylation is 1. The second-order valence-corrected chi connectivity index (χ2v) is 3.27. The predicted octanol–water partition coefficient (Wildman–Crippen LogP) is 1.54. The van der Waals surface area contributed by atoms with Gasteiger partial charge in [-0.15, -0.1) is 0 Å². The summed E-state index contributed by atoms with van der Waals surface area (Å²) in [4.78, 5) is 0. The molecule has 0 radical (unpaired) electrons. The molecule has 2 rings (SSSR count). The monoisotopic (exact) mass is 136 g/mol. The minimum Gasteiger partial charge on any atom is -0.276 e. The van der Waals surface area contributed by atoms with Gasteiger partial charge in [-0.3, -0.25) is 4.68 Å².